The number of oxazole rings is 1. The average molecular weight is 213 g/mol. The van der Waals surface area contributed by atoms with Gasteiger partial charge in [0.25, 0.3) is 6.01 Å². The van der Waals surface area contributed by atoms with Crippen molar-refractivity contribution < 1.29 is 9.52 Å². The average Bonchev–Trinajstić information content (AvgIpc) is 2.56. The second-order valence-electron chi connectivity index (χ2n) is 2.78. The molecule has 2 N–H and O–H groups in total. The maximum absolute atomic E-state index is 8.59. The van der Waals surface area contributed by atoms with Crippen LogP contribution in [0.2, 0.25) is 5.02 Å². The van der Waals surface area contributed by atoms with E-state index in [1.807, 2.05) is 0 Å². The zero-order valence-corrected chi connectivity index (χ0v) is 8.08. The molecule has 4 nitrogen and oxygen atoms in total. The zero-order valence-electron chi connectivity index (χ0n) is 7.33. The minimum absolute atomic E-state index is 0.0412. The zero-order chi connectivity index (χ0) is 9.97. The number of halogens is 1. The largest absolute Gasteiger partial charge is 0.424 e. The van der Waals surface area contributed by atoms with E-state index >= 15 is 0 Å². The molecule has 2 aromatic rings. The highest BCUT2D eigenvalue weighted by molar-refractivity contribution is 6.31. The molecule has 1 heterocycles. The van der Waals surface area contributed by atoms with E-state index in [1.165, 1.54) is 0 Å². The number of hydrogen-bond acceptors (Lipinski definition) is 4. The van der Waals surface area contributed by atoms with Crippen LogP contribution < -0.4 is 5.32 Å². The topological polar surface area (TPSA) is 58.3 Å². The highest BCUT2D eigenvalue weighted by Crippen LogP contribution is 2.21. The van der Waals surface area contributed by atoms with Crippen LogP contribution in [0.5, 0.6) is 0 Å². The first-order valence-corrected chi connectivity index (χ1v) is 4.58. The van der Waals surface area contributed by atoms with Crippen molar-refractivity contribution in [1.29, 1.82) is 0 Å². The van der Waals surface area contributed by atoms with Crippen molar-refractivity contribution >= 4 is 28.7 Å². The number of fused-ring (bicyclic) bond motifs is 1. The minimum Gasteiger partial charge on any atom is -0.424 e. The van der Waals surface area contributed by atoms with Gasteiger partial charge in [-0.3, -0.25) is 0 Å². The van der Waals surface area contributed by atoms with Gasteiger partial charge >= 0.3 is 0 Å². The normalized spacial score (nSPS) is 10.7. The number of aliphatic hydroxyl groups is 1. The predicted octanol–water partition coefficient (Wildman–Crippen LogP) is 1.89. The summed E-state index contributed by atoms with van der Waals surface area (Å²) in [7, 11) is 0. The number of hydrogen-bond donors (Lipinski definition) is 2. The maximum atomic E-state index is 8.59. The van der Waals surface area contributed by atoms with Gasteiger partial charge in [-0.25, -0.2) is 0 Å². The first-order chi connectivity index (χ1) is 6.79. The van der Waals surface area contributed by atoms with Crippen LogP contribution in [0.1, 0.15) is 0 Å². The van der Waals surface area contributed by atoms with Crippen molar-refractivity contribution in [2.45, 2.75) is 0 Å². The molecule has 1 aromatic heterocycles. The van der Waals surface area contributed by atoms with Gasteiger partial charge in [0.2, 0.25) is 0 Å². The second-order valence-corrected chi connectivity index (χ2v) is 3.22. The molecule has 1 aromatic carbocycles. The molecule has 0 atom stereocenters. The molecule has 2 rings (SSSR count). The van der Waals surface area contributed by atoms with Crippen LogP contribution in [0, 0.1) is 0 Å². The molecule has 0 fully saturated rings. The molecule has 0 spiro atoms. The van der Waals surface area contributed by atoms with Gasteiger partial charge in [-0.15, -0.1) is 0 Å². The molecular formula is C9H9ClN2O2. The molecule has 14 heavy (non-hydrogen) atoms. The number of benzene rings is 1. The van der Waals surface area contributed by atoms with E-state index in [4.69, 9.17) is 21.1 Å². The summed E-state index contributed by atoms with van der Waals surface area (Å²) in [5.74, 6) is 0. The molecule has 0 aliphatic rings. The van der Waals surface area contributed by atoms with Gasteiger partial charge in [-0.05, 0) is 12.1 Å². The minimum atomic E-state index is 0.0412. The van der Waals surface area contributed by atoms with E-state index < -0.39 is 0 Å². The van der Waals surface area contributed by atoms with Crippen molar-refractivity contribution in [2.75, 3.05) is 18.5 Å². The van der Waals surface area contributed by atoms with Crippen LogP contribution in [0.3, 0.4) is 0 Å². The standard InChI is InChI=1S/C9H9ClN2O2/c10-6-1-2-7-8(5-6)14-9(12-7)11-3-4-13/h1-2,5,13H,3-4H2,(H,11,12). The summed E-state index contributed by atoms with van der Waals surface area (Å²) in [5.41, 5.74) is 1.38. The molecule has 0 saturated carbocycles. The second kappa shape index (κ2) is 3.86. The van der Waals surface area contributed by atoms with Crippen molar-refractivity contribution in [3.63, 3.8) is 0 Å². The van der Waals surface area contributed by atoms with E-state index in [9.17, 15) is 0 Å². The van der Waals surface area contributed by atoms with E-state index in [0.717, 1.165) is 5.52 Å². The van der Waals surface area contributed by atoms with Gasteiger partial charge in [0.1, 0.15) is 5.52 Å². The first-order valence-electron chi connectivity index (χ1n) is 4.20. The van der Waals surface area contributed by atoms with Gasteiger partial charge in [0.05, 0.1) is 6.61 Å². The van der Waals surface area contributed by atoms with E-state index in [2.05, 4.69) is 10.3 Å². The Morgan fingerprint density at radius 1 is 1.50 bits per heavy atom. The number of aliphatic hydroxyl groups excluding tert-OH is 1. The van der Waals surface area contributed by atoms with Gasteiger partial charge in [0, 0.05) is 17.6 Å². The van der Waals surface area contributed by atoms with Crippen molar-refractivity contribution in [3.8, 4) is 0 Å². The van der Waals surface area contributed by atoms with Gasteiger partial charge in [0.15, 0.2) is 5.58 Å². The molecule has 0 bridgehead atoms. The van der Waals surface area contributed by atoms with Crippen LogP contribution in [0.4, 0.5) is 6.01 Å². The Bertz CT molecular complexity index is 441. The third kappa shape index (κ3) is 1.81. The summed E-state index contributed by atoms with van der Waals surface area (Å²) >= 11 is 5.78. The molecular weight excluding hydrogens is 204 g/mol. The smallest absolute Gasteiger partial charge is 0.295 e. The van der Waals surface area contributed by atoms with Crippen LogP contribution in [0.15, 0.2) is 22.6 Å². The van der Waals surface area contributed by atoms with Crippen LogP contribution in [-0.2, 0) is 0 Å². The van der Waals surface area contributed by atoms with E-state index in [0.29, 0.717) is 23.2 Å². The van der Waals surface area contributed by atoms with Crippen LogP contribution in [0.25, 0.3) is 11.1 Å². The van der Waals surface area contributed by atoms with Gasteiger partial charge in [-0.2, -0.15) is 4.98 Å². The number of nitrogens with zero attached hydrogens (tertiary/aromatic N) is 1. The summed E-state index contributed by atoms with van der Waals surface area (Å²) < 4.78 is 5.33. The molecule has 0 unspecified atom stereocenters. The van der Waals surface area contributed by atoms with Gasteiger partial charge in [-0.1, -0.05) is 11.6 Å². The number of anilines is 1. The lowest BCUT2D eigenvalue weighted by atomic mass is 10.3. The molecule has 0 aliphatic carbocycles. The molecule has 5 heteroatoms. The molecule has 0 radical (unpaired) electrons. The Kier molecular flexibility index (Phi) is 2.56. The Labute approximate surface area is 85.5 Å². The number of nitrogens with one attached hydrogen (secondary N) is 1. The first kappa shape index (κ1) is 9.30. The molecule has 74 valence electrons. The molecule has 0 aliphatic heterocycles. The monoisotopic (exact) mass is 212 g/mol. The lowest BCUT2D eigenvalue weighted by Crippen LogP contribution is -2.05. The quantitative estimate of drug-likeness (QED) is 0.816. The summed E-state index contributed by atoms with van der Waals surface area (Å²) in [4.78, 5) is 4.14. The highest BCUT2D eigenvalue weighted by atomic mass is 35.5. The Morgan fingerprint density at radius 3 is 3.14 bits per heavy atom. The van der Waals surface area contributed by atoms with E-state index in [-0.39, 0.29) is 6.61 Å². The lowest BCUT2D eigenvalue weighted by Gasteiger charge is -1.94. The van der Waals surface area contributed by atoms with Crippen molar-refractivity contribution in [3.05, 3.63) is 23.2 Å². The lowest BCUT2D eigenvalue weighted by molar-refractivity contribution is 0.310. The third-order valence-corrected chi connectivity index (χ3v) is 1.97. The third-order valence-electron chi connectivity index (χ3n) is 1.74. The Hall–Kier alpha value is -1.26. The highest BCUT2D eigenvalue weighted by Gasteiger charge is 2.04. The SMILES string of the molecule is OCCNc1nc2ccc(Cl)cc2o1. The summed E-state index contributed by atoms with van der Waals surface area (Å²) in [5, 5.41) is 12.0. The predicted molar refractivity (Wildman–Crippen MR) is 54.6 cm³/mol. The van der Waals surface area contributed by atoms with Crippen LogP contribution >= 0.6 is 11.6 Å². The fourth-order valence-corrected chi connectivity index (χ4v) is 1.30. The molecule has 0 saturated heterocycles. The number of rotatable bonds is 3. The van der Waals surface area contributed by atoms with Gasteiger partial charge < -0.3 is 14.8 Å². The summed E-state index contributed by atoms with van der Waals surface area (Å²) in [6, 6.07) is 5.64. The fourth-order valence-electron chi connectivity index (χ4n) is 1.14. The fraction of sp³-hybridized carbons (Fsp3) is 0.222. The summed E-state index contributed by atoms with van der Waals surface area (Å²) in [6.45, 7) is 0.458. The van der Waals surface area contributed by atoms with Crippen molar-refractivity contribution in [1.82, 2.24) is 4.98 Å². The Morgan fingerprint density at radius 2 is 2.36 bits per heavy atom. The van der Waals surface area contributed by atoms with Crippen molar-refractivity contribution in [2.24, 2.45) is 0 Å². The Balaban J connectivity index is 2.32. The molecule has 0 amide bonds. The van der Waals surface area contributed by atoms with E-state index in [1.54, 1.807) is 18.2 Å². The number of aromatic nitrogens is 1. The maximum Gasteiger partial charge on any atom is 0.295 e. The van der Waals surface area contributed by atoms with Crippen LogP contribution in [-0.4, -0.2) is 23.2 Å². The summed E-state index contributed by atoms with van der Waals surface area (Å²) in [6.07, 6.45) is 0.